The highest BCUT2D eigenvalue weighted by molar-refractivity contribution is 7.74. The van der Waals surface area contributed by atoms with Crippen LogP contribution in [0.25, 0.3) is 0 Å². The second-order valence-electron chi connectivity index (χ2n) is 11.2. The molecular weight excluding hydrogens is 447 g/mol. The van der Waals surface area contributed by atoms with Crippen LogP contribution in [-0.4, -0.2) is 15.4 Å². The minimum absolute atomic E-state index is 0.0961. The molecule has 0 aliphatic rings. The summed E-state index contributed by atoms with van der Waals surface area (Å²) in [6.45, 7) is 15.7. The molecule has 196 valence electrons. The Morgan fingerprint density at radius 3 is 1.23 bits per heavy atom. The average molecular weight is 499 g/mol. The van der Waals surface area contributed by atoms with Crippen LogP contribution < -0.4 is 10.6 Å². The molecule has 0 atom stereocenters. The minimum atomic E-state index is -0.958. The molecule has 35 heavy (non-hydrogen) atoms. The molecule has 0 aromatic heterocycles. The zero-order valence-electron chi connectivity index (χ0n) is 23.6. The van der Waals surface area contributed by atoms with Crippen LogP contribution >= 0.6 is 7.92 Å². The van der Waals surface area contributed by atoms with Gasteiger partial charge in [-0.05, 0) is 98.8 Å². The monoisotopic (exact) mass is 498 g/mol. The van der Waals surface area contributed by atoms with E-state index in [-0.39, 0.29) is 5.16 Å². The van der Waals surface area contributed by atoms with Gasteiger partial charge in [-0.1, -0.05) is 86.3 Å². The van der Waals surface area contributed by atoms with Crippen molar-refractivity contribution in [3.63, 3.8) is 0 Å². The third-order valence-electron chi connectivity index (χ3n) is 6.85. The van der Waals surface area contributed by atoms with E-state index in [2.05, 4.69) is 72.7 Å². The van der Waals surface area contributed by atoms with Crippen LogP contribution in [0.1, 0.15) is 122 Å². The SMILES string of the molecule is CCCCc1cc(CCCC)c(O)c(P(c2cc(CCCC)cc(CCCC)c2O)C(C)(C)C)c1. The molecule has 2 rings (SSSR count). The van der Waals surface area contributed by atoms with Crippen LogP contribution in [0.5, 0.6) is 11.5 Å². The van der Waals surface area contributed by atoms with E-state index in [0.717, 1.165) is 98.8 Å². The van der Waals surface area contributed by atoms with E-state index in [1.165, 1.54) is 11.1 Å². The fourth-order valence-electron chi connectivity index (χ4n) is 4.84. The molecule has 0 aliphatic carbocycles. The first-order valence-corrected chi connectivity index (χ1v) is 15.5. The second-order valence-corrected chi connectivity index (χ2v) is 14.1. The Bertz CT molecular complexity index is 857. The van der Waals surface area contributed by atoms with E-state index in [1.54, 1.807) is 0 Å². The number of hydrogen-bond acceptors (Lipinski definition) is 2. The van der Waals surface area contributed by atoms with Gasteiger partial charge in [0.2, 0.25) is 0 Å². The largest absolute Gasteiger partial charge is 0.507 e. The Hall–Kier alpha value is -1.53. The van der Waals surface area contributed by atoms with Crippen molar-refractivity contribution in [2.75, 3.05) is 0 Å². The van der Waals surface area contributed by atoms with E-state index < -0.39 is 7.92 Å². The summed E-state index contributed by atoms with van der Waals surface area (Å²) >= 11 is 0. The van der Waals surface area contributed by atoms with Gasteiger partial charge in [-0.3, -0.25) is 0 Å². The lowest BCUT2D eigenvalue weighted by Crippen LogP contribution is -2.28. The van der Waals surface area contributed by atoms with Crippen molar-refractivity contribution in [3.05, 3.63) is 46.5 Å². The molecule has 0 saturated carbocycles. The topological polar surface area (TPSA) is 40.5 Å². The summed E-state index contributed by atoms with van der Waals surface area (Å²) in [5.74, 6) is 0.932. The molecule has 2 aromatic rings. The predicted octanol–water partition coefficient (Wildman–Crippen LogP) is 8.70. The van der Waals surface area contributed by atoms with Gasteiger partial charge in [0, 0.05) is 10.6 Å². The molecule has 0 amide bonds. The summed E-state index contributed by atoms with van der Waals surface area (Å²) in [6.07, 6.45) is 12.9. The fraction of sp³-hybridized carbons (Fsp3) is 0.625. The van der Waals surface area contributed by atoms with Crippen LogP contribution in [0.2, 0.25) is 0 Å². The van der Waals surface area contributed by atoms with Crippen molar-refractivity contribution >= 4 is 18.5 Å². The van der Waals surface area contributed by atoms with Crippen LogP contribution in [-0.2, 0) is 25.7 Å². The number of aromatic hydroxyl groups is 2. The second kappa shape index (κ2) is 14.3. The number of phenols is 2. The maximum absolute atomic E-state index is 11.6. The van der Waals surface area contributed by atoms with Gasteiger partial charge in [-0.2, -0.15) is 0 Å². The van der Waals surface area contributed by atoms with Gasteiger partial charge in [0.1, 0.15) is 11.5 Å². The first-order valence-electron chi connectivity index (χ1n) is 14.2. The van der Waals surface area contributed by atoms with Gasteiger partial charge < -0.3 is 10.2 Å². The number of phenolic OH excluding ortho intramolecular Hbond substituents is 2. The maximum Gasteiger partial charge on any atom is 0.126 e. The average Bonchev–Trinajstić information content (AvgIpc) is 2.81. The Morgan fingerprint density at radius 1 is 0.571 bits per heavy atom. The third kappa shape index (κ3) is 8.24. The van der Waals surface area contributed by atoms with Crippen molar-refractivity contribution in [1.82, 2.24) is 0 Å². The summed E-state index contributed by atoms with van der Waals surface area (Å²) in [5, 5.41) is 25.2. The van der Waals surface area contributed by atoms with Crippen molar-refractivity contribution in [3.8, 4) is 11.5 Å². The quantitative estimate of drug-likeness (QED) is 0.256. The van der Waals surface area contributed by atoms with Gasteiger partial charge in [0.05, 0.1) is 0 Å². The molecule has 0 saturated heterocycles. The normalized spacial score (nSPS) is 12.0. The third-order valence-corrected chi connectivity index (χ3v) is 9.83. The van der Waals surface area contributed by atoms with Gasteiger partial charge in [-0.15, -0.1) is 0 Å². The fourth-order valence-corrected chi connectivity index (χ4v) is 7.85. The number of unbranched alkanes of at least 4 members (excludes halogenated alkanes) is 4. The molecule has 0 aliphatic heterocycles. The highest BCUT2D eigenvalue weighted by Crippen LogP contribution is 2.52. The van der Waals surface area contributed by atoms with E-state index in [9.17, 15) is 10.2 Å². The van der Waals surface area contributed by atoms with Crippen LogP contribution in [0.3, 0.4) is 0 Å². The van der Waals surface area contributed by atoms with Gasteiger partial charge in [-0.25, -0.2) is 0 Å². The lowest BCUT2D eigenvalue weighted by molar-refractivity contribution is 0.470. The summed E-state index contributed by atoms with van der Waals surface area (Å²) < 4.78 is 0. The van der Waals surface area contributed by atoms with Crippen molar-refractivity contribution in [2.24, 2.45) is 0 Å². The predicted molar refractivity (Wildman–Crippen MR) is 157 cm³/mol. The lowest BCUT2D eigenvalue weighted by Gasteiger charge is -2.34. The van der Waals surface area contributed by atoms with E-state index >= 15 is 0 Å². The summed E-state index contributed by atoms with van der Waals surface area (Å²) in [4.78, 5) is 0. The summed E-state index contributed by atoms with van der Waals surface area (Å²) in [7, 11) is -0.958. The van der Waals surface area contributed by atoms with E-state index in [1.807, 2.05) is 0 Å². The number of hydrogen-bond donors (Lipinski definition) is 2. The Balaban J connectivity index is 2.76. The molecular formula is C32H51O2P. The van der Waals surface area contributed by atoms with Crippen LogP contribution in [0, 0.1) is 0 Å². The highest BCUT2D eigenvalue weighted by atomic mass is 31.1. The number of rotatable bonds is 14. The molecule has 2 N–H and O–H groups in total. The molecule has 0 radical (unpaired) electrons. The molecule has 2 aromatic carbocycles. The number of aryl methyl sites for hydroxylation is 4. The summed E-state index contributed by atoms with van der Waals surface area (Å²) in [6, 6.07) is 9.01. The molecule has 0 spiro atoms. The Labute approximate surface area is 217 Å². The summed E-state index contributed by atoms with van der Waals surface area (Å²) in [5.41, 5.74) is 4.82. The van der Waals surface area contributed by atoms with Crippen LogP contribution in [0.4, 0.5) is 0 Å². The molecule has 0 unspecified atom stereocenters. The molecule has 3 heteroatoms. The van der Waals surface area contributed by atoms with Crippen molar-refractivity contribution < 1.29 is 10.2 Å². The zero-order chi connectivity index (χ0) is 26.0. The van der Waals surface area contributed by atoms with E-state index in [4.69, 9.17) is 0 Å². The number of benzene rings is 2. The van der Waals surface area contributed by atoms with Gasteiger partial charge in [0.15, 0.2) is 0 Å². The molecule has 0 bridgehead atoms. The zero-order valence-corrected chi connectivity index (χ0v) is 24.5. The Kier molecular flexibility index (Phi) is 12.1. The van der Waals surface area contributed by atoms with Crippen molar-refractivity contribution in [1.29, 1.82) is 0 Å². The Morgan fingerprint density at radius 2 is 0.914 bits per heavy atom. The lowest BCUT2D eigenvalue weighted by atomic mass is 10.0. The first kappa shape index (κ1) is 29.7. The minimum Gasteiger partial charge on any atom is -0.507 e. The van der Waals surface area contributed by atoms with Crippen LogP contribution in [0.15, 0.2) is 24.3 Å². The maximum atomic E-state index is 11.6. The van der Waals surface area contributed by atoms with Gasteiger partial charge in [0.25, 0.3) is 0 Å². The molecule has 0 fully saturated rings. The smallest absolute Gasteiger partial charge is 0.126 e. The first-order chi connectivity index (χ1) is 16.7. The van der Waals surface area contributed by atoms with Gasteiger partial charge >= 0.3 is 0 Å². The van der Waals surface area contributed by atoms with Crippen molar-refractivity contribution in [2.45, 2.75) is 131 Å². The standard InChI is InChI=1S/C32H51O2P/c1-8-12-16-24-20-26(18-14-10-3)30(33)28(22-24)35(32(5,6)7)29-23-25(17-13-9-2)21-27(31(29)34)19-15-11-4/h20-23,33-34H,8-19H2,1-7H3. The molecule has 2 nitrogen and oxygen atoms in total. The van der Waals surface area contributed by atoms with E-state index in [0.29, 0.717) is 11.5 Å². The highest BCUT2D eigenvalue weighted by Gasteiger charge is 2.33. The molecule has 0 heterocycles.